The summed E-state index contributed by atoms with van der Waals surface area (Å²) in [4.78, 5) is 30.3. The van der Waals surface area contributed by atoms with E-state index in [1.54, 1.807) is 43.5 Å². The van der Waals surface area contributed by atoms with Crippen LogP contribution in [0.3, 0.4) is 0 Å². The number of carbonyl (C=O) groups excluding carboxylic acids is 2. The van der Waals surface area contributed by atoms with Gasteiger partial charge in [0.05, 0.1) is 17.6 Å². The van der Waals surface area contributed by atoms with E-state index < -0.39 is 15.7 Å². The minimum Gasteiger partial charge on any atom is -0.497 e. The Morgan fingerprint density at radius 3 is 2.47 bits per heavy atom. The van der Waals surface area contributed by atoms with Gasteiger partial charge in [-0.15, -0.1) is 0 Å². The van der Waals surface area contributed by atoms with Crippen molar-refractivity contribution in [2.45, 2.75) is 24.2 Å². The van der Waals surface area contributed by atoms with Crippen molar-refractivity contribution >= 4 is 21.7 Å². The van der Waals surface area contributed by atoms with Crippen LogP contribution in [0.15, 0.2) is 57.9 Å². The van der Waals surface area contributed by atoms with Crippen LogP contribution in [-0.4, -0.2) is 66.8 Å². The summed E-state index contributed by atoms with van der Waals surface area (Å²) in [7, 11) is -2.02. The van der Waals surface area contributed by atoms with Crippen molar-refractivity contribution in [1.82, 2.24) is 20.2 Å². The van der Waals surface area contributed by atoms with Crippen molar-refractivity contribution in [3.63, 3.8) is 0 Å². The van der Waals surface area contributed by atoms with Crippen molar-refractivity contribution in [2.24, 2.45) is 0 Å². The lowest BCUT2D eigenvalue weighted by atomic mass is 10.2. The van der Waals surface area contributed by atoms with Crippen LogP contribution < -0.4 is 4.74 Å². The highest BCUT2D eigenvalue weighted by molar-refractivity contribution is 7.90. The topological polar surface area (TPSA) is 123 Å². The van der Waals surface area contributed by atoms with Crippen LogP contribution in [0.5, 0.6) is 5.75 Å². The van der Waals surface area contributed by atoms with Crippen LogP contribution in [0, 0.1) is 0 Å². The SMILES string of the molecule is COc1ccc(-c2noc(CCC(=O)N3CCCN3C(=O)c3ccccc3S(C)(=O)=O)n2)cc1. The van der Waals surface area contributed by atoms with Gasteiger partial charge in [0.1, 0.15) is 5.75 Å². The Hall–Kier alpha value is -3.73. The summed E-state index contributed by atoms with van der Waals surface area (Å²) in [6.45, 7) is 0.692. The third kappa shape index (κ3) is 4.93. The number of aryl methyl sites for hydroxylation is 1. The highest BCUT2D eigenvalue weighted by atomic mass is 32.2. The molecular weight excluding hydrogens is 460 g/mol. The van der Waals surface area contributed by atoms with Crippen molar-refractivity contribution in [3.05, 3.63) is 60.0 Å². The van der Waals surface area contributed by atoms with E-state index in [1.807, 2.05) is 0 Å². The quantitative estimate of drug-likeness (QED) is 0.501. The molecule has 11 heteroatoms. The van der Waals surface area contributed by atoms with E-state index in [0.717, 1.165) is 11.8 Å². The average molecular weight is 485 g/mol. The molecule has 3 aromatic rings. The number of hydrogen-bond acceptors (Lipinski definition) is 8. The van der Waals surface area contributed by atoms with Crippen LogP contribution in [0.25, 0.3) is 11.4 Å². The highest BCUT2D eigenvalue weighted by Crippen LogP contribution is 2.23. The highest BCUT2D eigenvalue weighted by Gasteiger charge is 2.33. The number of benzene rings is 2. The standard InChI is InChI=1S/C23H24N4O6S/c1-32-17-10-8-16(9-11-17)22-24-20(33-25-22)12-13-21(28)26-14-5-15-27(26)23(29)18-6-3-4-7-19(18)34(2,30)31/h3-4,6-11H,5,12-15H2,1-2H3. The van der Waals surface area contributed by atoms with Gasteiger partial charge >= 0.3 is 0 Å². The fraction of sp³-hybridized carbons (Fsp3) is 0.304. The first-order valence-corrected chi connectivity index (χ1v) is 12.6. The number of hydrazine groups is 1. The van der Waals surface area contributed by atoms with E-state index >= 15 is 0 Å². The molecular formula is C23H24N4O6S. The van der Waals surface area contributed by atoms with Gasteiger partial charge in [-0.05, 0) is 42.8 Å². The van der Waals surface area contributed by atoms with Crippen molar-refractivity contribution < 1.29 is 27.3 Å². The molecule has 4 rings (SSSR count). The van der Waals surface area contributed by atoms with Gasteiger partial charge in [-0.2, -0.15) is 4.98 Å². The summed E-state index contributed by atoms with van der Waals surface area (Å²) >= 11 is 0. The number of hydrogen-bond donors (Lipinski definition) is 0. The van der Waals surface area contributed by atoms with Gasteiger partial charge in [0.25, 0.3) is 5.91 Å². The Morgan fingerprint density at radius 2 is 1.76 bits per heavy atom. The average Bonchev–Trinajstić information content (AvgIpc) is 3.52. The van der Waals surface area contributed by atoms with E-state index in [1.165, 1.54) is 22.2 Å². The number of aromatic nitrogens is 2. The summed E-state index contributed by atoms with van der Waals surface area (Å²) in [6, 6.07) is 13.2. The zero-order chi connectivity index (χ0) is 24.3. The van der Waals surface area contributed by atoms with Gasteiger partial charge in [0, 0.05) is 37.8 Å². The van der Waals surface area contributed by atoms with Gasteiger partial charge in [-0.25, -0.2) is 13.4 Å². The number of nitrogens with zero attached hydrogens (tertiary/aromatic N) is 4. The summed E-state index contributed by atoms with van der Waals surface area (Å²) in [5, 5.41) is 6.63. The number of rotatable bonds is 7. The summed E-state index contributed by atoms with van der Waals surface area (Å²) < 4.78 is 34.6. The third-order valence-corrected chi connectivity index (χ3v) is 6.59. The molecule has 1 fully saturated rings. The molecule has 2 heterocycles. The first-order valence-electron chi connectivity index (χ1n) is 10.7. The van der Waals surface area contributed by atoms with Gasteiger partial charge in [0.2, 0.25) is 17.6 Å². The maximum atomic E-state index is 13.1. The fourth-order valence-corrected chi connectivity index (χ4v) is 4.63. The van der Waals surface area contributed by atoms with Crippen LogP contribution in [0.1, 0.15) is 29.1 Å². The molecule has 0 aliphatic carbocycles. The molecule has 34 heavy (non-hydrogen) atoms. The first kappa shape index (κ1) is 23.4. The van der Waals surface area contributed by atoms with Crippen molar-refractivity contribution in [1.29, 1.82) is 0 Å². The molecule has 0 atom stereocenters. The van der Waals surface area contributed by atoms with Crippen LogP contribution >= 0.6 is 0 Å². The lowest BCUT2D eigenvalue weighted by molar-refractivity contribution is -0.140. The number of carbonyl (C=O) groups is 2. The van der Waals surface area contributed by atoms with Crippen LogP contribution in [0.4, 0.5) is 0 Å². The normalized spacial score (nSPS) is 13.8. The van der Waals surface area contributed by atoms with E-state index in [0.29, 0.717) is 37.0 Å². The van der Waals surface area contributed by atoms with E-state index in [-0.39, 0.29) is 29.2 Å². The monoisotopic (exact) mass is 484 g/mol. The minimum absolute atomic E-state index is 0.0470. The lowest BCUT2D eigenvalue weighted by Crippen LogP contribution is -2.45. The van der Waals surface area contributed by atoms with Crippen LogP contribution in [0.2, 0.25) is 0 Å². The molecule has 10 nitrogen and oxygen atoms in total. The molecule has 2 amide bonds. The number of sulfone groups is 1. The summed E-state index contributed by atoms with van der Waals surface area (Å²) in [6.07, 6.45) is 1.92. The lowest BCUT2D eigenvalue weighted by Gasteiger charge is -2.28. The first-order chi connectivity index (χ1) is 16.3. The Kier molecular flexibility index (Phi) is 6.64. The van der Waals surface area contributed by atoms with Gasteiger partial charge in [0.15, 0.2) is 9.84 Å². The fourth-order valence-electron chi connectivity index (χ4n) is 3.74. The van der Waals surface area contributed by atoms with Gasteiger partial charge in [-0.3, -0.25) is 14.6 Å². The number of ether oxygens (including phenoxy) is 1. The molecule has 0 spiro atoms. The van der Waals surface area contributed by atoms with Crippen molar-refractivity contribution in [3.8, 4) is 17.1 Å². The van der Waals surface area contributed by atoms with Crippen LogP contribution in [-0.2, 0) is 21.1 Å². The number of amides is 2. The van der Waals surface area contributed by atoms with E-state index in [9.17, 15) is 18.0 Å². The molecule has 0 saturated carbocycles. The van der Waals surface area contributed by atoms with Gasteiger partial charge in [-0.1, -0.05) is 17.3 Å². The summed E-state index contributed by atoms with van der Waals surface area (Å²) in [5.74, 6) is 0.611. The largest absolute Gasteiger partial charge is 0.497 e. The van der Waals surface area contributed by atoms with Crippen molar-refractivity contribution in [2.75, 3.05) is 26.5 Å². The predicted octanol–water partition coefficient (Wildman–Crippen LogP) is 2.37. The second kappa shape index (κ2) is 9.64. The minimum atomic E-state index is -3.60. The molecule has 1 saturated heterocycles. The molecule has 1 aliphatic rings. The summed E-state index contributed by atoms with van der Waals surface area (Å²) in [5.41, 5.74) is 0.800. The van der Waals surface area contributed by atoms with E-state index in [4.69, 9.17) is 9.26 Å². The maximum absolute atomic E-state index is 13.1. The van der Waals surface area contributed by atoms with E-state index in [2.05, 4.69) is 10.1 Å². The molecule has 1 aliphatic heterocycles. The Morgan fingerprint density at radius 1 is 1.06 bits per heavy atom. The number of methoxy groups -OCH3 is 1. The smallest absolute Gasteiger partial charge is 0.273 e. The second-order valence-corrected chi connectivity index (χ2v) is 9.79. The molecule has 2 aromatic carbocycles. The second-order valence-electron chi connectivity index (χ2n) is 7.81. The molecule has 0 unspecified atom stereocenters. The Bertz CT molecular complexity index is 1300. The maximum Gasteiger partial charge on any atom is 0.273 e. The molecule has 0 radical (unpaired) electrons. The molecule has 178 valence electrons. The zero-order valence-corrected chi connectivity index (χ0v) is 19.6. The van der Waals surface area contributed by atoms with Gasteiger partial charge < -0.3 is 9.26 Å². The Balaban J connectivity index is 1.43. The molecule has 0 bridgehead atoms. The third-order valence-electron chi connectivity index (χ3n) is 5.44. The zero-order valence-electron chi connectivity index (χ0n) is 18.8. The predicted molar refractivity (Wildman–Crippen MR) is 122 cm³/mol. The Labute approximate surface area is 197 Å². The molecule has 0 N–H and O–H groups in total. The molecule has 1 aromatic heterocycles.